The maximum absolute atomic E-state index is 13.7. The van der Waals surface area contributed by atoms with Gasteiger partial charge in [0, 0.05) is 10.9 Å². The largest absolute Gasteiger partial charge is 0.494 e. The SMILES string of the molecule is COc1ccc(-c2csc3c(Cl)ncnc23)cc1F. The molecule has 19 heavy (non-hydrogen) atoms. The van der Waals surface area contributed by atoms with Crippen molar-refractivity contribution < 1.29 is 9.13 Å². The maximum Gasteiger partial charge on any atom is 0.165 e. The minimum Gasteiger partial charge on any atom is -0.494 e. The normalized spacial score (nSPS) is 10.9. The number of nitrogens with zero attached hydrogens (tertiary/aromatic N) is 2. The fraction of sp³-hybridized carbons (Fsp3) is 0.0769. The van der Waals surface area contributed by atoms with Crippen LogP contribution in [0.3, 0.4) is 0 Å². The summed E-state index contributed by atoms with van der Waals surface area (Å²) in [5.41, 5.74) is 2.31. The first kappa shape index (κ1) is 12.3. The van der Waals surface area contributed by atoms with E-state index in [2.05, 4.69) is 9.97 Å². The topological polar surface area (TPSA) is 35.0 Å². The van der Waals surface area contributed by atoms with Gasteiger partial charge in [0.1, 0.15) is 11.5 Å². The summed E-state index contributed by atoms with van der Waals surface area (Å²) in [6.07, 6.45) is 1.40. The number of hydrogen-bond donors (Lipinski definition) is 0. The Morgan fingerprint density at radius 3 is 2.89 bits per heavy atom. The second-order valence-electron chi connectivity index (χ2n) is 3.84. The summed E-state index contributed by atoms with van der Waals surface area (Å²) in [4.78, 5) is 8.14. The van der Waals surface area contributed by atoms with Crippen LogP contribution in [0.4, 0.5) is 4.39 Å². The summed E-state index contributed by atoms with van der Waals surface area (Å²) >= 11 is 7.44. The van der Waals surface area contributed by atoms with E-state index in [1.807, 2.05) is 5.38 Å². The van der Waals surface area contributed by atoms with Gasteiger partial charge in [-0.1, -0.05) is 17.7 Å². The first-order valence-corrected chi connectivity index (χ1v) is 6.68. The zero-order valence-corrected chi connectivity index (χ0v) is 11.4. The first-order chi connectivity index (χ1) is 9.20. The van der Waals surface area contributed by atoms with Crippen molar-refractivity contribution in [3.05, 3.63) is 40.9 Å². The molecule has 0 aliphatic heterocycles. The molecule has 0 bridgehead atoms. The van der Waals surface area contributed by atoms with Crippen molar-refractivity contribution in [2.45, 2.75) is 0 Å². The predicted octanol–water partition coefficient (Wildman–Crippen LogP) is 4.16. The van der Waals surface area contributed by atoms with Gasteiger partial charge in [-0.3, -0.25) is 0 Å². The zero-order chi connectivity index (χ0) is 13.4. The lowest BCUT2D eigenvalue weighted by molar-refractivity contribution is 0.386. The summed E-state index contributed by atoms with van der Waals surface area (Å²) < 4.78 is 19.4. The molecule has 0 radical (unpaired) electrons. The molecule has 1 aromatic carbocycles. The van der Waals surface area contributed by atoms with E-state index in [9.17, 15) is 4.39 Å². The van der Waals surface area contributed by atoms with Crippen LogP contribution in [0.5, 0.6) is 5.75 Å². The quantitative estimate of drug-likeness (QED) is 0.666. The van der Waals surface area contributed by atoms with Crippen LogP contribution in [0.25, 0.3) is 21.3 Å². The van der Waals surface area contributed by atoms with Gasteiger partial charge in [-0.2, -0.15) is 0 Å². The van der Waals surface area contributed by atoms with Gasteiger partial charge in [0.2, 0.25) is 0 Å². The second kappa shape index (κ2) is 4.75. The zero-order valence-electron chi connectivity index (χ0n) is 9.85. The third-order valence-electron chi connectivity index (χ3n) is 2.77. The summed E-state index contributed by atoms with van der Waals surface area (Å²) in [5, 5.41) is 2.31. The Hall–Kier alpha value is -1.72. The minimum absolute atomic E-state index is 0.218. The predicted molar refractivity (Wildman–Crippen MR) is 74.4 cm³/mol. The number of thiophene rings is 1. The Labute approximate surface area is 117 Å². The Kier molecular flexibility index (Phi) is 3.08. The average molecular weight is 295 g/mol. The van der Waals surface area contributed by atoms with Crippen molar-refractivity contribution in [1.82, 2.24) is 9.97 Å². The summed E-state index contributed by atoms with van der Waals surface area (Å²) in [6.45, 7) is 0. The summed E-state index contributed by atoms with van der Waals surface area (Å²) in [6, 6.07) is 4.81. The van der Waals surface area contributed by atoms with Gasteiger partial charge in [-0.05, 0) is 17.7 Å². The Bertz CT molecular complexity index is 759. The van der Waals surface area contributed by atoms with Crippen molar-refractivity contribution in [1.29, 1.82) is 0 Å². The van der Waals surface area contributed by atoms with E-state index in [1.54, 1.807) is 12.1 Å². The molecule has 0 saturated carbocycles. The fourth-order valence-electron chi connectivity index (χ4n) is 1.86. The molecule has 0 atom stereocenters. The van der Waals surface area contributed by atoms with Crippen molar-refractivity contribution in [3.8, 4) is 16.9 Å². The molecular weight excluding hydrogens is 287 g/mol. The molecule has 3 nitrogen and oxygen atoms in total. The van der Waals surface area contributed by atoms with E-state index in [0.29, 0.717) is 5.15 Å². The molecule has 0 spiro atoms. The second-order valence-corrected chi connectivity index (χ2v) is 5.08. The van der Waals surface area contributed by atoms with Crippen LogP contribution in [0, 0.1) is 5.82 Å². The highest BCUT2D eigenvalue weighted by atomic mass is 35.5. The molecule has 0 aliphatic rings. The third kappa shape index (κ3) is 2.05. The van der Waals surface area contributed by atoms with Crippen molar-refractivity contribution in [3.63, 3.8) is 0 Å². The molecule has 6 heteroatoms. The van der Waals surface area contributed by atoms with Crippen LogP contribution in [-0.4, -0.2) is 17.1 Å². The van der Waals surface area contributed by atoms with Crippen LogP contribution in [-0.2, 0) is 0 Å². The molecule has 3 aromatic rings. The first-order valence-electron chi connectivity index (χ1n) is 5.42. The molecule has 2 heterocycles. The monoisotopic (exact) mass is 294 g/mol. The van der Waals surface area contributed by atoms with Gasteiger partial charge in [0.25, 0.3) is 0 Å². The fourth-order valence-corrected chi connectivity index (χ4v) is 3.04. The third-order valence-corrected chi connectivity index (χ3v) is 4.15. The van der Waals surface area contributed by atoms with E-state index in [1.165, 1.54) is 30.8 Å². The molecule has 0 unspecified atom stereocenters. The van der Waals surface area contributed by atoms with E-state index >= 15 is 0 Å². The molecule has 0 aliphatic carbocycles. The standard InChI is InChI=1S/C13H8ClFN2OS/c1-18-10-3-2-7(4-9(10)15)8-5-19-12-11(8)16-6-17-13(12)14/h2-6H,1H3. The number of benzene rings is 1. The van der Waals surface area contributed by atoms with E-state index in [0.717, 1.165) is 21.3 Å². The number of aromatic nitrogens is 2. The van der Waals surface area contributed by atoms with Crippen LogP contribution >= 0.6 is 22.9 Å². The number of hydrogen-bond acceptors (Lipinski definition) is 4. The Morgan fingerprint density at radius 2 is 2.16 bits per heavy atom. The van der Waals surface area contributed by atoms with Gasteiger partial charge in [-0.15, -0.1) is 11.3 Å². The minimum atomic E-state index is -0.403. The summed E-state index contributed by atoms with van der Waals surface area (Å²) in [5.74, 6) is -0.185. The highest BCUT2D eigenvalue weighted by molar-refractivity contribution is 7.18. The molecule has 0 N–H and O–H groups in total. The molecule has 0 fully saturated rings. The van der Waals surface area contributed by atoms with Gasteiger partial charge < -0.3 is 4.74 Å². The Balaban J connectivity index is 2.19. The number of halogens is 2. The molecule has 96 valence electrons. The average Bonchev–Trinajstić information content (AvgIpc) is 2.84. The van der Waals surface area contributed by atoms with Crippen LogP contribution in [0.1, 0.15) is 0 Å². The van der Waals surface area contributed by atoms with Gasteiger partial charge in [0.15, 0.2) is 11.6 Å². The molecule has 3 rings (SSSR count). The summed E-state index contributed by atoms with van der Waals surface area (Å²) in [7, 11) is 1.44. The molecular formula is C13H8ClFN2OS. The lowest BCUT2D eigenvalue weighted by atomic mass is 10.1. The Morgan fingerprint density at radius 1 is 1.32 bits per heavy atom. The van der Waals surface area contributed by atoms with Crippen LogP contribution in [0.2, 0.25) is 5.15 Å². The van der Waals surface area contributed by atoms with Crippen molar-refractivity contribution in [2.24, 2.45) is 0 Å². The number of ether oxygens (including phenoxy) is 1. The van der Waals surface area contributed by atoms with Crippen molar-refractivity contribution in [2.75, 3.05) is 7.11 Å². The van der Waals surface area contributed by atoms with E-state index in [4.69, 9.17) is 16.3 Å². The smallest absolute Gasteiger partial charge is 0.165 e. The van der Waals surface area contributed by atoms with E-state index < -0.39 is 5.82 Å². The lowest BCUT2D eigenvalue weighted by Crippen LogP contribution is -1.88. The van der Waals surface area contributed by atoms with Crippen LogP contribution < -0.4 is 4.74 Å². The highest BCUT2D eigenvalue weighted by Crippen LogP contribution is 2.36. The van der Waals surface area contributed by atoms with Gasteiger partial charge in [-0.25, -0.2) is 14.4 Å². The van der Waals surface area contributed by atoms with Gasteiger partial charge >= 0.3 is 0 Å². The molecule has 2 aromatic heterocycles. The number of rotatable bonds is 2. The highest BCUT2D eigenvalue weighted by Gasteiger charge is 2.12. The maximum atomic E-state index is 13.7. The van der Waals surface area contributed by atoms with Crippen molar-refractivity contribution >= 4 is 33.2 Å². The number of methoxy groups -OCH3 is 1. The number of fused-ring (bicyclic) bond motifs is 1. The lowest BCUT2D eigenvalue weighted by Gasteiger charge is -2.04. The molecule has 0 amide bonds. The van der Waals surface area contributed by atoms with Gasteiger partial charge in [0.05, 0.1) is 17.3 Å². The van der Waals surface area contributed by atoms with Crippen LogP contribution in [0.15, 0.2) is 29.9 Å². The van der Waals surface area contributed by atoms with E-state index in [-0.39, 0.29) is 5.75 Å². The molecule has 0 saturated heterocycles.